The SMILES string of the molecule is COc1cc(C=NNC(=O)c2cc(O)cc(O)c2)c([N+](=O)[O-])cc1OC. The number of ether oxygens (including phenoxy) is 2. The van der Waals surface area contributed by atoms with Crippen molar-refractivity contribution in [2.24, 2.45) is 5.10 Å². The molecule has 2 aromatic rings. The lowest BCUT2D eigenvalue weighted by Gasteiger charge is -2.08. The number of rotatable bonds is 6. The van der Waals surface area contributed by atoms with E-state index in [1.165, 1.54) is 26.4 Å². The summed E-state index contributed by atoms with van der Waals surface area (Å²) < 4.78 is 10.1. The molecule has 2 rings (SSSR count). The van der Waals surface area contributed by atoms with Crippen LogP contribution in [0.2, 0.25) is 0 Å². The van der Waals surface area contributed by atoms with Crippen LogP contribution in [0.1, 0.15) is 15.9 Å². The molecule has 0 aromatic heterocycles. The molecule has 0 aliphatic rings. The highest BCUT2D eigenvalue weighted by atomic mass is 16.6. The first-order valence-corrected chi connectivity index (χ1v) is 7.12. The Bertz CT molecular complexity index is 860. The predicted molar refractivity (Wildman–Crippen MR) is 91.0 cm³/mol. The first-order valence-electron chi connectivity index (χ1n) is 7.12. The predicted octanol–water partition coefficient (Wildman–Crippen LogP) is 1.79. The van der Waals surface area contributed by atoms with Crippen molar-refractivity contribution >= 4 is 17.8 Å². The van der Waals surface area contributed by atoms with E-state index >= 15 is 0 Å². The van der Waals surface area contributed by atoms with Crippen LogP contribution in [0.4, 0.5) is 5.69 Å². The van der Waals surface area contributed by atoms with Crippen molar-refractivity contribution in [3.05, 3.63) is 51.6 Å². The van der Waals surface area contributed by atoms with Crippen LogP contribution in [0.3, 0.4) is 0 Å². The Balaban J connectivity index is 2.26. The molecule has 0 spiro atoms. The van der Waals surface area contributed by atoms with Crippen LogP contribution in [0.5, 0.6) is 23.0 Å². The number of hydrogen-bond acceptors (Lipinski definition) is 8. The highest BCUT2D eigenvalue weighted by Gasteiger charge is 2.18. The topological polar surface area (TPSA) is 144 Å². The zero-order valence-electron chi connectivity index (χ0n) is 13.8. The van der Waals surface area contributed by atoms with Crippen molar-refractivity contribution in [3.8, 4) is 23.0 Å². The zero-order chi connectivity index (χ0) is 19.3. The number of carbonyl (C=O) groups excluding carboxylic acids is 1. The summed E-state index contributed by atoms with van der Waals surface area (Å²) in [4.78, 5) is 22.5. The molecule has 0 saturated carbocycles. The molecule has 0 radical (unpaired) electrons. The summed E-state index contributed by atoms with van der Waals surface area (Å²) in [6.07, 6.45) is 1.07. The fourth-order valence-corrected chi connectivity index (χ4v) is 2.10. The summed E-state index contributed by atoms with van der Waals surface area (Å²) in [5.41, 5.74) is 1.89. The summed E-state index contributed by atoms with van der Waals surface area (Å²) in [6.45, 7) is 0. The van der Waals surface area contributed by atoms with Gasteiger partial charge < -0.3 is 19.7 Å². The van der Waals surface area contributed by atoms with Crippen molar-refractivity contribution in [1.29, 1.82) is 0 Å². The third-order valence-electron chi connectivity index (χ3n) is 3.26. The van der Waals surface area contributed by atoms with Gasteiger partial charge in [0.1, 0.15) is 11.5 Å². The maximum Gasteiger partial charge on any atom is 0.282 e. The number of nitrogens with zero attached hydrogens (tertiary/aromatic N) is 2. The average Bonchev–Trinajstić information content (AvgIpc) is 2.59. The lowest BCUT2D eigenvalue weighted by molar-refractivity contribution is -0.385. The van der Waals surface area contributed by atoms with Crippen molar-refractivity contribution in [3.63, 3.8) is 0 Å². The van der Waals surface area contributed by atoms with E-state index in [1.54, 1.807) is 0 Å². The third-order valence-corrected chi connectivity index (χ3v) is 3.26. The van der Waals surface area contributed by atoms with Gasteiger partial charge in [-0.15, -0.1) is 0 Å². The Morgan fingerprint density at radius 1 is 1.12 bits per heavy atom. The van der Waals surface area contributed by atoms with Gasteiger partial charge in [-0.05, 0) is 18.2 Å². The lowest BCUT2D eigenvalue weighted by atomic mass is 10.1. The van der Waals surface area contributed by atoms with Gasteiger partial charge in [-0.3, -0.25) is 14.9 Å². The number of amides is 1. The first-order chi connectivity index (χ1) is 12.3. The normalized spacial score (nSPS) is 10.5. The van der Waals surface area contributed by atoms with Crippen molar-refractivity contribution in [1.82, 2.24) is 5.43 Å². The summed E-state index contributed by atoms with van der Waals surface area (Å²) in [7, 11) is 2.72. The number of methoxy groups -OCH3 is 2. The Labute approximate surface area is 147 Å². The smallest absolute Gasteiger partial charge is 0.282 e. The number of nitrogens with one attached hydrogen (secondary N) is 1. The number of nitro groups is 1. The number of carbonyl (C=O) groups is 1. The molecule has 0 atom stereocenters. The van der Waals surface area contributed by atoms with Crippen molar-refractivity contribution < 1.29 is 29.4 Å². The summed E-state index contributed by atoms with van der Waals surface area (Å²) in [5, 5.41) is 33.6. The van der Waals surface area contributed by atoms with Gasteiger partial charge in [-0.2, -0.15) is 5.10 Å². The molecule has 26 heavy (non-hydrogen) atoms. The van der Waals surface area contributed by atoms with Gasteiger partial charge in [0, 0.05) is 11.6 Å². The fourth-order valence-electron chi connectivity index (χ4n) is 2.10. The minimum Gasteiger partial charge on any atom is -0.508 e. The molecule has 0 heterocycles. The van der Waals surface area contributed by atoms with Gasteiger partial charge in [-0.1, -0.05) is 0 Å². The Hall–Kier alpha value is -3.82. The first kappa shape index (κ1) is 18.5. The van der Waals surface area contributed by atoms with E-state index in [1.807, 2.05) is 0 Å². The second kappa shape index (κ2) is 7.83. The van der Waals surface area contributed by atoms with E-state index in [-0.39, 0.29) is 39.8 Å². The van der Waals surface area contributed by atoms with Crippen LogP contribution in [0.15, 0.2) is 35.4 Å². The number of nitro benzene ring substituents is 1. The van der Waals surface area contributed by atoms with Gasteiger partial charge in [-0.25, -0.2) is 5.43 Å². The Morgan fingerprint density at radius 3 is 2.23 bits per heavy atom. The maximum atomic E-state index is 12.0. The molecule has 0 unspecified atom stereocenters. The molecule has 2 aromatic carbocycles. The van der Waals surface area contributed by atoms with Crippen LogP contribution in [0, 0.1) is 10.1 Å². The second-order valence-corrected chi connectivity index (χ2v) is 4.96. The van der Waals surface area contributed by atoms with Gasteiger partial charge in [0.2, 0.25) is 0 Å². The molecule has 3 N–H and O–H groups in total. The fraction of sp³-hybridized carbons (Fsp3) is 0.125. The molecular formula is C16H15N3O7. The van der Waals surface area contributed by atoms with E-state index in [0.29, 0.717) is 0 Å². The van der Waals surface area contributed by atoms with E-state index in [2.05, 4.69) is 10.5 Å². The van der Waals surface area contributed by atoms with E-state index in [9.17, 15) is 25.1 Å². The number of hydrazone groups is 1. The van der Waals surface area contributed by atoms with Crippen LogP contribution in [0.25, 0.3) is 0 Å². The minimum absolute atomic E-state index is 0.0403. The Kier molecular flexibility index (Phi) is 5.58. The van der Waals surface area contributed by atoms with E-state index in [0.717, 1.165) is 24.4 Å². The molecule has 0 aliphatic carbocycles. The minimum atomic E-state index is -0.726. The largest absolute Gasteiger partial charge is 0.508 e. The summed E-state index contributed by atoms with van der Waals surface area (Å²) in [5.74, 6) is -0.890. The van der Waals surface area contributed by atoms with Gasteiger partial charge in [0.25, 0.3) is 11.6 Å². The maximum absolute atomic E-state index is 12.0. The third kappa shape index (κ3) is 4.17. The quantitative estimate of drug-likeness (QED) is 0.404. The molecule has 10 nitrogen and oxygen atoms in total. The molecule has 10 heteroatoms. The van der Waals surface area contributed by atoms with Gasteiger partial charge >= 0.3 is 0 Å². The number of phenols is 2. The van der Waals surface area contributed by atoms with Crippen molar-refractivity contribution in [2.45, 2.75) is 0 Å². The molecule has 0 bridgehead atoms. The Morgan fingerprint density at radius 2 is 1.69 bits per heavy atom. The molecule has 0 fully saturated rings. The molecule has 136 valence electrons. The van der Waals surface area contributed by atoms with E-state index < -0.39 is 10.8 Å². The number of benzene rings is 2. The highest BCUT2D eigenvalue weighted by molar-refractivity contribution is 5.96. The van der Waals surface area contributed by atoms with Gasteiger partial charge in [0.15, 0.2) is 11.5 Å². The standard InChI is InChI=1S/C16H15N3O7/c1-25-14-5-10(13(19(23)24)7-15(14)26-2)8-17-18-16(22)9-3-11(20)6-12(21)4-9/h3-8,20-21H,1-2H3,(H,18,22). The number of aromatic hydroxyl groups is 2. The molecular weight excluding hydrogens is 346 g/mol. The van der Waals surface area contributed by atoms with Crippen LogP contribution in [-0.4, -0.2) is 41.5 Å². The van der Waals surface area contributed by atoms with Gasteiger partial charge in [0.05, 0.1) is 37.0 Å². The van der Waals surface area contributed by atoms with E-state index in [4.69, 9.17) is 9.47 Å². The van der Waals surface area contributed by atoms with Crippen molar-refractivity contribution in [2.75, 3.05) is 14.2 Å². The number of phenolic OH excluding ortho intramolecular Hbond substituents is 2. The molecule has 1 amide bonds. The molecule has 0 saturated heterocycles. The lowest BCUT2D eigenvalue weighted by Crippen LogP contribution is -2.17. The number of hydrogen-bond donors (Lipinski definition) is 3. The van der Waals surface area contributed by atoms with Crippen LogP contribution < -0.4 is 14.9 Å². The average molecular weight is 361 g/mol. The molecule has 0 aliphatic heterocycles. The summed E-state index contributed by atoms with van der Waals surface area (Å²) >= 11 is 0. The highest BCUT2D eigenvalue weighted by Crippen LogP contribution is 2.33. The monoisotopic (exact) mass is 361 g/mol. The van der Waals surface area contributed by atoms with Crippen LogP contribution in [-0.2, 0) is 0 Å². The summed E-state index contributed by atoms with van der Waals surface area (Å²) in [6, 6.07) is 5.84. The van der Waals surface area contributed by atoms with Crippen LogP contribution >= 0.6 is 0 Å². The zero-order valence-corrected chi connectivity index (χ0v) is 13.8. The second-order valence-electron chi connectivity index (χ2n) is 4.96.